The number of alkyl halides is 1. The number of amides is 1. The summed E-state index contributed by atoms with van der Waals surface area (Å²) < 4.78 is 6.08. The summed E-state index contributed by atoms with van der Waals surface area (Å²) >= 11 is 7.66. The lowest BCUT2D eigenvalue weighted by Crippen LogP contribution is -2.41. The third-order valence-electron chi connectivity index (χ3n) is 5.38. The van der Waals surface area contributed by atoms with Gasteiger partial charge in [-0.3, -0.25) is 19.5 Å². The Balaban J connectivity index is 1.64. The SMILES string of the molecule is O=C1C2=C(OC3CCC(Cl)CC13)C(=O)N(c1nccs1)C2c1ccccn1. The van der Waals surface area contributed by atoms with Gasteiger partial charge in [-0.25, -0.2) is 4.98 Å². The number of ether oxygens (including phenoxy) is 1. The zero-order valence-electron chi connectivity index (χ0n) is 14.2. The quantitative estimate of drug-likeness (QED) is 0.722. The van der Waals surface area contributed by atoms with E-state index in [0.717, 1.165) is 6.42 Å². The first-order valence-electron chi connectivity index (χ1n) is 8.88. The van der Waals surface area contributed by atoms with Crippen LogP contribution in [-0.4, -0.2) is 33.1 Å². The number of thiazole rings is 1. The standard InChI is InChI=1S/C19H16ClN3O3S/c20-10-4-5-13-11(9-10)16(24)14-15(12-3-1-2-6-21-12)23(18(25)17(14)26-13)19-22-7-8-27-19/h1-3,6-8,10-11,13,15H,4-5,9H2. The molecule has 4 atom stereocenters. The maximum atomic E-state index is 13.4. The number of anilines is 1. The van der Waals surface area contributed by atoms with Gasteiger partial charge in [0, 0.05) is 23.2 Å². The van der Waals surface area contributed by atoms with Gasteiger partial charge in [0.05, 0.1) is 17.2 Å². The van der Waals surface area contributed by atoms with Crippen molar-refractivity contribution in [2.24, 2.45) is 5.92 Å². The van der Waals surface area contributed by atoms with Gasteiger partial charge in [0.15, 0.2) is 16.7 Å². The lowest BCUT2D eigenvalue weighted by molar-refractivity contribution is -0.131. The number of halogens is 1. The molecule has 3 aliphatic rings. The third-order valence-corrected chi connectivity index (χ3v) is 6.54. The van der Waals surface area contributed by atoms with Gasteiger partial charge in [-0.15, -0.1) is 22.9 Å². The molecule has 0 N–H and O–H groups in total. The molecule has 1 saturated carbocycles. The first-order valence-corrected chi connectivity index (χ1v) is 10.2. The number of Topliss-reactive ketones (excluding diaryl/α,β-unsaturated/α-hetero) is 1. The van der Waals surface area contributed by atoms with Gasteiger partial charge in [-0.05, 0) is 31.4 Å². The van der Waals surface area contributed by atoms with Crippen LogP contribution >= 0.6 is 22.9 Å². The highest BCUT2D eigenvalue weighted by Crippen LogP contribution is 2.48. The largest absolute Gasteiger partial charge is 0.483 e. The fraction of sp³-hybridized carbons (Fsp3) is 0.368. The van der Waals surface area contributed by atoms with Gasteiger partial charge in [0.25, 0.3) is 5.91 Å². The molecule has 0 bridgehead atoms. The minimum atomic E-state index is -0.621. The lowest BCUT2D eigenvalue weighted by atomic mass is 9.78. The molecule has 0 radical (unpaired) electrons. The molecule has 2 aliphatic heterocycles. The molecular formula is C19H16ClN3O3S. The second-order valence-electron chi connectivity index (χ2n) is 6.93. The van der Waals surface area contributed by atoms with Crippen LogP contribution in [0.1, 0.15) is 31.0 Å². The summed E-state index contributed by atoms with van der Waals surface area (Å²) in [5, 5.41) is 2.29. The van der Waals surface area contributed by atoms with Crippen LogP contribution in [0.15, 0.2) is 47.3 Å². The summed E-state index contributed by atoms with van der Waals surface area (Å²) in [6.45, 7) is 0. The Labute approximate surface area is 164 Å². The second-order valence-corrected chi connectivity index (χ2v) is 8.42. The van der Waals surface area contributed by atoms with Gasteiger partial charge >= 0.3 is 0 Å². The highest BCUT2D eigenvalue weighted by molar-refractivity contribution is 7.13. The van der Waals surface area contributed by atoms with E-state index in [-0.39, 0.29) is 34.8 Å². The molecule has 27 heavy (non-hydrogen) atoms. The Hall–Kier alpha value is -2.25. The van der Waals surface area contributed by atoms with Crippen LogP contribution in [-0.2, 0) is 14.3 Å². The number of fused-ring (bicyclic) bond motifs is 1. The molecule has 2 aromatic heterocycles. The normalized spacial score (nSPS) is 30.2. The predicted octanol–water partition coefficient (Wildman–Crippen LogP) is 3.26. The first-order chi connectivity index (χ1) is 13.1. The van der Waals surface area contributed by atoms with Crippen LogP contribution in [0, 0.1) is 5.92 Å². The van der Waals surface area contributed by atoms with E-state index < -0.39 is 6.04 Å². The Morgan fingerprint density at radius 2 is 2.07 bits per heavy atom. The van der Waals surface area contributed by atoms with Crippen molar-refractivity contribution >= 4 is 39.8 Å². The van der Waals surface area contributed by atoms with Crippen LogP contribution in [0.25, 0.3) is 0 Å². The highest BCUT2D eigenvalue weighted by atomic mass is 35.5. The van der Waals surface area contributed by atoms with E-state index >= 15 is 0 Å². The van der Waals surface area contributed by atoms with Gasteiger partial charge in [-0.2, -0.15) is 0 Å². The summed E-state index contributed by atoms with van der Waals surface area (Å²) in [6.07, 6.45) is 5.05. The molecule has 4 unspecified atom stereocenters. The number of rotatable bonds is 2. The monoisotopic (exact) mass is 401 g/mol. The number of pyridine rings is 1. The molecule has 8 heteroatoms. The van der Waals surface area contributed by atoms with Crippen molar-refractivity contribution in [3.8, 4) is 0 Å². The van der Waals surface area contributed by atoms with Crippen LogP contribution < -0.4 is 4.90 Å². The molecule has 0 aromatic carbocycles. The van der Waals surface area contributed by atoms with Gasteiger partial charge in [-0.1, -0.05) is 6.07 Å². The van der Waals surface area contributed by atoms with Crippen molar-refractivity contribution in [3.63, 3.8) is 0 Å². The van der Waals surface area contributed by atoms with E-state index in [2.05, 4.69) is 9.97 Å². The number of ketones is 1. The number of hydrogen-bond donors (Lipinski definition) is 0. The summed E-state index contributed by atoms with van der Waals surface area (Å²) in [4.78, 5) is 36.9. The van der Waals surface area contributed by atoms with E-state index in [1.54, 1.807) is 23.8 Å². The molecule has 0 spiro atoms. The van der Waals surface area contributed by atoms with Gasteiger partial charge in [0.1, 0.15) is 12.1 Å². The molecule has 5 rings (SSSR count). The topological polar surface area (TPSA) is 72.4 Å². The maximum Gasteiger partial charge on any atom is 0.296 e. The van der Waals surface area contributed by atoms with Crippen LogP contribution in [0.5, 0.6) is 0 Å². The fourth-order valence-electron chi connectivity index (χ4n) is 4.17. The van der Waals surface area contributed by atoms with Crippen molar-refractivity contribution < 1.29 is 14.3 Å². The second kappa shape index (κ2) is 6.42. The van der Waals surface area contributed by atoms with Gasteiger partial charge < -0.3 is 4.74 Å². The number of hydrogen-bond acceptors (Lipinski definition) is 6. The number of carbonyl (C=O) groups is 2. The van der Waals surface area contributed by atoms with E-state index in [0.29, 0.717) is 29.2 Å². The average molecular weight is 402 g/mol. The van der Waals surface area contributed by atoms with E-state index in [4.69, 9.17) is 16.3 Å². The zero-order chi connectivity index (χ0) is 18.5. The van der Waals surface area contributed by atoms with E-state index in [9.17, 15) is 9.59 Å². The molecular weight excluding hydrogens is 386 g/mol. The Kier molecular flexibility index (Phi) is 4.02. The minimum Gasteiger partial charge on any atom is -0.483 e. The summed E-state index contributed by atoms with van der Waals surface area (Å²) in [6, 6.07) is 4.85. The molecule has 6 nitrogen and oxygen atoms in total. The predicted molar refractivity (Wildman–Crippen MR) is 100 cm³/mol. The van der Waals surface area contributed by atoms with Crippen LogP contribution in [0.4, 0.5) is 5.13 Å². The average Bonchev–Trinajstić information content (AvgIpc) is 3.30. The minimum absolute atomic E-state index is 0.0404. The van der Waals surface area contributed by atoms with Crippen LogP contribution in [0.2, 0.25) is 0 Å². The Morgan fingerprint density at radius 1 is 1.19 bits per heavy atom. The summed E-state index contributed by atoms with van der Waals surface area (Å²) in [7, 11) is 0. The van der Waals surface area contributed by atoms with Gasteiger partial charge in [0.2, 0.25) is 0 Å². The van der Waals surface area contributed by atoms with E-state index in [1.807, 2.05) is 12.1 Å². The fourth-order valence-corrected chi connectivity index (χ4v) is 5.15. The number of carbonyl (C=O) groups excluding carboxylic acids is 2. The third kappa shape index (κ3) is 2.60. The van der Waals surface area contributed by atoms with E-state index in [1.165, 1.54) is 16.2 Å². The Bertz CT molecular complexity index is 931. The molecule has 1 amide bonds. The number of nitrogens with zero attached hydrogens (tertiary/aromatic N) is 3. The first kappa shape index (κ1) is 16.9. The smallest absolute Gasteiger partial charge is 0.296 e. The molecule has 2 aromatic rings. The van der Waals surface area contributed by atoms with Crippen molar-refractivity contribution in [3.05, 3.63) is 53.0 Å². The van der Waals surface area contributed by atoms with Crippen molar-refractivity contribution in [1.82, 2.24) is 9.97 Å². The summed E-state index contributed by atoms with van der Waals surface area (Å²) in [5.74, 6) is -0.527. The highest BCUT2D eigenvalue weighted by Gasteiger charge is 2.54. The van der Waals surface area contributed by atoms with Crippen LogP contribution in [0.3, 0.4) is 0 Å². The lowest BCUT2D eigenvalue weighted by Gasteiger charge is -2.36. The van der Waals surface area contributed by atoms with Crippen molar-refractivity contribution in [2.75, 3.05) is 4.90 Å². The maximum absolute atomic E-state index is 13.4. The van der Waals surface area contributed by atoms with Crippen molar-refractivity contribution in [1.29, 1.82) is 0 Å². The Morgan fingerprint density at radius 3 is 2.81 bits per heavy atom. The van der Waals surface area contributed by atoms with Crippen molar-refractivity contribution in [2.45, 2.75) is 36.8 Å². The molecule has 1 fully saturated rings. The molecule has 4 heterocycles. The molecule has 0 saturated heterocycles. The zero-order valence-corrected chi connectivity index (χ0v) is 15.8. The molecule has 138 valence electrons. The number of aromatic nitrogens is 2. The molecule has 1 aliphatic carbocycles. The summed E-state index contributed by atoms with van der Waals surface area (Å²) in [5.41, 5.74) is 1.01.